The highest BCUT2D eigenvalue weighted by atomic mass is 16.8. The van der Waals surface area contributed by atoms with E-state index in [1.165, 1.54) is 0 Å². The smallest absolute Gasteiger partial charge is 0.335 e. The van der Waals surface area contributed by atoms with Crippen molar-refractivity contribution in [3.8, 4) is 0 Å². The van der Waals surface area contributed by atoms with Gasteiger partial charge < -0.3 is 99.2 Å². The van der Waals surface area contributed by atoms with Crippen molar-refractivity contribution in [2.24, 2.45) is 50.7 Å². The Balaban J connectivity index is 1.12. The van der Waals surface area contributed by atoms with Crippen molar-refractivity contribution in [3.05, 3.63) is 34.9 Å². The van der Waals surface area contributed by atoms with Gasteiger partial charge in [0.2, 0.25) is 0 Å². The number of carboxylic acid groups (broad SMARTS) is 1. The van der Waals surface area contributed by atoms with Crippen LogP contribution >= 0.6 is 0 Å². The third-order valence-corrected chi connectivity index (χ3v) is 20.5. The molecule has 4 saturated carbocycles. The van der Waals surface area contributed by atoms with Crippen molar-refractivity contribution < 1.29 is 114 Å². The minimum atomic E-state index is -2.12. The number of rotatable bonds is 14. The van der Waals surface area contributed by atoms with Crippen LogP contribution in [0.5, 0.6) is 0 Å². The normalized spacial score (nSPS) is 48.6. The van der Waals surface area contributed by atoms with Gasteiger partial charge >= 0.3 is 17.9 Å². The van der Waals surface area contributed by atoms with Crippen LogP contribution in [-0.2, 0) is 52.3 Å². The lowest BCUT2D eigenvalue weighted by Gasteiger charge is -2.70. The van der Waals surface area contributed by atoms with E-state index >= 15 is 0 Å². The van der Waals surface area contributed by atoms with Crippen molar-refractivity contribution in [2.75, 3.05) is 19.8 Å². The van der Waals surface area contributed by atoms with E-state index in [4.69, 9.17) is 37.9 Å². The predicted octanol–water partition coefficient (Wildman–Crippen LogP) is -0.127. The number of carbonyl (C=O) groups is 3. The Kier molecular flexibility index (Phi) is 17.9. The topological polar surface area (TPSA) is 368 Å². The molecule has 7 fully saturated rings. The number of carboxylic acids is 1. The molecule has 0 aromatic carbocycles. The number of aliphatic hydroxyl groups is 11. The highest BCUT2D eigenvalue weighted by Crippen LogP contribution is 2.72. The zero-order valence-corrected chi connectivity index (χ0v) is 46.7. The second-order valence-corrected chi connectivity index (χ2v) is 25.5. The summed E-state index contributed by atoms with van der Waals surface area (Å²) >= 11 is 0. The van der Waals surface area contributed by atoms with Crippen LogP contribution in [0.1, 0.15) is 108 Å². The van der Waals surface area contributed by atoms with E-state index in [0.717, 1.165) is 5.57 Å². The Labute approximate surface area is 460 Å². The zero-order valence-electron chi connectivity index (χ0n) is 46.7. The first-order valence-corrected chi connectivity index (χ1v) is 27.8. The average Bonchev–Trinajstić information content (AvgIpc) is 3.72. The Bertz CT molecular complexity index is 2340. The number of ether oxygens (including phenoxy) is 8. The van der Waals surface area contributed by atoms with E-state index in [9.17, 15) is 75.7 Å². The lowest BCUT2D eigenvalue weighted by molar-refractivity contribution is -0.386. The fraction of sp³-hybridized carbons (Fsp3) is 0.839. The average molecular weight is 1130 g/mol. The highest BCUT2D eigenvalue weighted by molar-refractivity contribution is 5.89. The molecule has 0 aromatic rings. The van der Waals surface area contributed by atoms with Crippen LogP contribution in [0, 0.1) is 50.7 Å². The van der Waals surface area contributed by atoms with E-state index in [2.05, 4.69) is 19.9 Å². The third kappa shape index (κ3) is 10.2. The van der Waals surface area contributed by atoms with E-state index in [1.807, 2.05) is 27.7 Å². The molecule has 23 nitrogen and oxygen atoms in total. The first-order valence-electron chi connectivity index (χ1n) is 27.8. The maximum absolute atomic E-state index is 13.8. The minimum absolute atomic E-state index is 0.121. The largest absolute Gasteiger partial charge is 0.479 e. The second-order valence-electron chi connectivity index (χ2n) is 25.5. The van der Waals surface area contributed by atoms with Gasteiger partial charge in [-0.25, -0.2) is 14.4 Å². The van der Waals surface area contributed by atoms with Crippen LogP contribution in [-0.4, -0.2) is 216 Å². The molecule has 3 saturated heterocycles. The molecule has 5 aliphatic carbocycles. The summed E-state index contributed by atoms with van der Waals surface area (Å²) in [4.78, 5) is 40.2. The second kappa shape index (κ2) is 22.8. The van der Waals surface area contributed by atoms with Gasteiger partial charge in [0.25, 0.3) is 0 Å². The van der Waals surface area contributed by atoms with E-state index in [0.29, 0.717) is 44.1 Å². The van der Waals surface area contributed by atoms with Crippen molar-refractivity contribution in [1.29, 1.82) is 0 Å². The molecule has 0 bridgehead atoms. The van der Waals surface area contributed by atoms with Crippen molar-refractivity contribution in [2.45, 2.75) is 224 Å². The van der Waals surface area contributed by atoms with Gasteiger partial charge in [0.15, 0.2) is 31.1 Å². The van der Waals surface area contributed by atoms with Crippen LogP contribution in [0.3, 0.4) is 0 Å². The van der Waals surface area contributed by atoms with Crippen LogP contribution in [0.15, 0.2) is 34.9 Å². The van der Waals surface area contributed by atoms with Gasteiger partial charge in [-0.3, -0.25) is 0 Å². The predicted molar refractivity (Wildman–Crippen MR) is 272 cm³/mol. The summed E-state index contributed by atoms with van der Waals surface area (Å²) in [5.41, 5.74) is -3.11. The van der Waals surface area contributed by atoms with Gasteiger partial charge in [0.1, 0.15) is 67.1 Å². The van der Waals surface area contributed by atoms with Crippen LogP contribution in [0.25, 0.3) is 0 Å². The maximum Gasteiger partial charge on any atom is 0.335 e. The van der Waals surface area contributed by atoms with Crippen molar-refractivity contribution in [1.82, 2.24) is 0 Å². The maximum atomic E-state index is 13.8. The number of carbonyl (C=O) groups excluding carboxylic acids is 2. The molecule has 0 radical (unpaired) electrons. The van der Waals surface area contributed by atoms with Gasteiger partial charge in [-0.1, -0.05) is 65.3 Å². The summed E-state index contributed by atoms with van der Waals surface area (Å²) in [6.45, 7) is 16.4. The number of hydrogen-bond acceptors (Lipinski definition) is 22. The standard InChI is InChI=1S/C56H86O23/c1-11-23(3)47(70)78-44-45(79-48(71)24(4)12-2)56(22-59)26(19-52(44,5)6)25-13-14-30-54(9)18-16-31(53(7,8)29(54)15-17-55(30,10)32(25)35(62)43(56)67)74-51-42(77-50-38(65)36(63)33(60)27(20-57)72-50)40(39(66)41(76-51)46(68)69)75-49-37(64)34(61)28(21-58)73-49/h11-13,26-45,49-51,57-67H,14-22H2,1-10H3,(H,68,69)/b23-11-,24-12-/t26?,27-,28+,29?,30?,31+,32+,33+,34+,35-,36+,37-,38-,39+,40+,41+,42-,43+,44+,45+,49+,50+,51-,54+,55-,56+/m1/s1. The Morgan fingerprint density at radius 3 is 1.71 bits per heavy atom. The van der Waals surface area contributed by atoms with E-state index in [-0.39, 0.29) is 17.4 Å². The Morgan fingerprint density at radius 1 is 0.633 bits per heavy atom. The molecule has 3 heterocycles. The lowest BCUT2D eigenvalue weighted by Crippen LogP contribution is -2.74. The molecule has 3 unspecified atom stereocenters. The number of fused-ring (bicyclic) bond motifs is 7. The van der Waals surface area contributed by atoms with E-state index < -0.39 is 193 Å². The number of hydrogen-bond donors (Lipinski definition) is 12. The summed E-state index contributed by atoms with van der Waals surface area (Å²) in [6, 6.07) is 0. The molecule has 8 aliphatic rings. The van der Waals surface area contributed by atoms with Gasteiger partial charge in [-0.05, 0) is 100 Å². The summed E-state index contributed by atoms with van der Waals surface area (Å²) in [5.74, 6) is -4.55. The van der Waals surface area contributed by atoms with Crippen molar-refractivity contribution in [3.63, 3.8) is 0 Å². The fourth-order valence-electron chi connectivity index (χ4n) is 15.9. The molecule has 0 spiro atoms. The SMILES string of the molecule is C/C=C(/C)C(=O)O[C@H]1[C@H](OC(=O)/C(C)=C\C)[C@@]2(CO)C(CC1(C)C)C1=CCC3[C@@]4(C)CC[C@H](O[C@@H]5O[C@H](C(=O)O)[C@@H](O)[C@H](O[C@@H]6O[C@@H](CO)[C@H](O)[C@H]6O)[C@H]5O[C@@H]5O[C@H](CO)[C@H](O)[C@H](O)[C@H]5O)C(C)(C)C4CC[C@@]3(C)[C@@H]1[C@@H](O)[C@@H]2O. The van der Waals surface area contributed by atoms with Crippen molar-refractivity contribution >= 4 is 17.9 Å². The van der Waals surface area contributed by atoms with Gasteiger partial charge in [0, 0.05) is 22.5 Å². The van der Waals surface area contributed by atoms with Gasteiger partial charge in [-0.2, -0.15) is 0 Å². The van der Waals surface area contributed by atoms with Gasteiger partial charge in [0.05, 0.1) is 43.5 Å². The summed E-state index contributed by atoms with van der Waals surface area (Å²) in [6.07, 6.45) is -23.7. The molecule has 12 N–H and O–H groups in total. The molecular weight excluding hydrogens is 1040 g/mol. The Morgan fingerprint density at radius 2 is 1.16 bits per heavy atom. The molecule has 0 amide bonds. The molecule has 23 heteroatoms. The first kappa shape index (κ1) is 62.0. The minimum Gasteiger partial charge on any atom is -0.479 e. The number of allylic oxidation sites excluding steroid dienone is 3. The Hall–Kier alpha value is -3.05. The molecule has 8 rings (SSSR count). The fourth-order valence-corrected chi connectivity index (χ4v) is 15.9. The monoisotopic (exact) mass is 1130 g/mol. The molecule has 3 aliphatic heterocycles. The van der Waals surface area contributed by atoms with Crippen LogP contribution < -0.4 is 0 Å². The van der Waals surface area contributed by atoms with E-state index in [1.54, 1.807) is 39.8 Å². The lowest BCUT2D eigenvalue weighted by atomic mass is 9.36. The van der Waals surface area contributed by atoms with Crippen LogP contribution in [0.2, 0.25) is 0 Å². The summed E-state index contributed by atoms with van der Waals surface area (Å²) in [5, 5.41) is 133. The van der Waals surface area contributed by atoms with Gasteiger partial charge in [-0.15, -0.1) is 0 Å². The number of aliphatic carboxylic acids is 1. The van der Waals surface area contributed by atoms with Crippen LogP contribution in [0.4, 0.5) is 0 Å². The molecule has 26 atom stereocenters. The number of esters is 2. The third-order valence-electron chi connectivity index (χ3n) is 20.5. The highest BCUT2D eigenvalue weighted by Gasteiger charge is 2.73. The first-order chi connectivity index (χ1) is 37.0. The molecule has 0 aromatic heterocycles. The zero-order chi connectivity index (χ0) is 58.4. The summed E-state index contributed by atoms with van der Waals surface area (Å²) in [7, 11) is 0. The molecular formula is C56H86O23. The molecule has 79 heavy (non-hydrogen) atoms. The quantitative estimate of drug-likeness (QED) is 0.0467. The number of aliphatic hydroxyl groups excluding tert-OH is 11. The molecule has 448 valence electrons. The summed E-state index contributed by atoms with van der Waals surface area (Å²) < 4.78 is 48.9.